The molecule has 0 aliphatic carbocycles. The minimum absolute atomic E-state index is 0.354. The molecule has 1 unspecified atom stereocenters. The smallest absolute Gasteiger partial charge is 0.154 e. The molecule has 0 radical (unpaired) electrons. The third kappa shape index (κ3) is 5.53. The summed E-state index contributed by atoms with van der Waals surface area (Å²) in [6.45, 7) is 7.77. The summed E-state index contributed by atoms with van der Waals surface area (Å²) >= 11 is 13.6. The van der Waals surface area contributed by atoms with Crippen molar-refractivity contribution < 1.29 is 0 Å². The minimum atomic E-state index is 0.354. The summed E-state index contributed by atoms with van der Waals surface area (Å²) in [6, 6.07) is 10.5. The van der Waals surface area contributed by atoms with Crippen molar-refractivity contribution in [1.82, 2.24) is 14.9 Å². The van der Waals surface area contributed by atoms with Gasteiger partial charge in [-0.3, -0.25) is 0 Å². The fourth-order valence-electron chi connectivity index (χ4n) is 4.25. The zero-order valence-electron chi connectivity index (χ0n) is 18.3. The van der Waals surface area contributed by atoms with Crippen LogP contribution < -0.4 is 5.32 Å². The zero-order chi connectivity index (χ0) is 22.7. The van der Waals surface area contributed by atoms with Crippen molar-refractivity contribution >= 4 is 72.3 Å². The molecule has 32 heavy (non-hydrogen) atoms. The highest BCUT2D eigenvalue weighted by Crippen LogP contribution is 2.34. The molecular formula is C25H27Br2ClN4. The monoisotopic (exact) mass is 576 g/mol. The van der Waals surface area contributed by atoms with Crippen LogP contribution in [0.2, 0.25) is 5.02 Å². The van der Waals surface area contributed by atoms with Crippen LogP contribution in [0.15, 0.2) is 39.3 Å². The van der Waals surface area contributed by atoms with Crippen molar-refractivity contribution in [3.05, 3.63) is 61.3 Å². The van der Waals surface area contributed by atoms with E-state index >= 15 is 0 Å². The second-order valence-corrected chi connectivity index (χ2v) is 10.3. The number of anilines is 1. The topological polar surface area (TPSA) is 41.1 Å². The summed E-state index contributed by atoms with van der Waals surface area (Å²) in [6.07, 6.45) is 7.20. The number of halogens is 3. The van der Waals surface area contributed by atoms with Gasteiger partial charge in [-0.15, -0.1) is 0 Å². The minimum Gasteiger partial charge on any atom is -0.366 e. The summed E-state index contributed by atoms with van der Waals surface area (Å²) in [5.74, 6) is 1.59. The molecule has 1 atom stereocenters. The molecule has 2 aromatic carbocycles. The summed E-state index contributed by atoms with van der Waals surface area (Å²) < 4.78 is 2.05. The number of benzene rings is 2. The van der Waals surface area contributed by atoms with Crippen LogP contribution >= 0.6 is 43.5 Å². The Kier molecular flexibility index (Phi) is 7.87. The lowest BCUT2D eigenvalue weighted by Crippen LogP contribution is -2.30. The van der Waals surface area contributed by atoms with E-state index in [1.807, 2.05) is 30.4 Å². The highest BCUT2D eigenvalue weighted by Gasteiger charge is 2.23. The Bertz CT molecular complexity index is 1140. The highest BCUT2D eigenvalue weighted by molar-refractivity contribution is 9.11. The Labute approximate surface area is 211 Å². The van der Waals surface area contributed by atoms with Gasteiger partial charge < -0.3 is 10.2 Å². The van der Waals surface area contributed by atoms with Gasteiger partial charge in [0, 0.05) is 25.4 Å². The first-order valence-corrected chi connectivity index (χ1v) is 13.1. The standard InChI is InChI=1S/C25H27Br2ClN4/c1-3-32(4-2)11-5-6-20-13-17-12-19(28)15-22-24(17)25(29-20)31-23(30-22)10-8-16-7-9-18(26)14-21(16)27/h7-10,12,14-15,20H,3-6,11,13H2,1-2H3,(H,29,30,31)/b10-8+. The second-order valence-electron chi connectivity index (χ2n) is 8.10. The molecule has 1 aliphatic heterocycles. The van der Waals surface area contributed by atoms with Gasteiger partial charge in [-0.05, 0) is 80.4 Å². The molecule has 2 heterocycles. The van der Waals surface area contributed by atoms with Crippen molar-refractivity contribution in [2.45, 2.75) is 39.2 Å². The number of nitrogens with one attached hydrogen (secondary N) is 1. The van der Waals surface area contributed by atoms with Crippen LogP contribution in [0.1, 0.15) is 43.6 Å². The number of nitrogens with zero attached hydrogens (tertiary/aromatic N) is 3. The third-order valence-electron chi connectivity index (χ3n) is 5.97. The van der Waals surface area contributed by atoms with E-state index in [2.05, 4.69) is 68.1 Å². The molecule has 1 aromatic heterocycles. The molecule has 1 N–H and O–H groups in total. The van der Waals surface area contributed by atoms with Crippen LogP contribution in [0, 0.1) is 0 Å². The SMILES string of the molecule is CCN(CC)CCCC1Cc2cc(Cl)cc3nc(/C=C/c4ccc(Br)cc4Br)nc(c23)N1. The lowest BCUT2D eigenvalue weighted by atomic mass is 9.94. The zero-order valence-corrected chi connectivity index (χ0v) is 22.3. The van der Waals surface area contributed by atoms with Crippen LogP contribution in [0.25, 0.3) is 23.1 Å². The molecule has 1 aliphatic rings. The van der Waals surface area contributed by atoms with E-state index in [-0.39, 0.29) is 0 Å². The average molecular weight is 579 g/mol. The van der Waals surface area contributed by atoms with E-state index in [9.17, 15) is 0 Å². The fraction of sp³-hybridized carbons (Fsp3) is 0.360. The number of aromatic nitrogens is 2. The Balaban J connectivity index is 1.59. The quantitative estimate of drug-likeness (QED) is 0.302. The van der Waals surface area contributed by atoms with Crippen molar-refractivity contribution in [3.8, 4) is 0 Å². The maximum absolute atomic E-state index is 6.45. The molecule has 0 fully saturated rings. The van der Waals surface area contributed by atoms with Crippen LogP contribution in [0.3, 0.4) is 0 Å². The molecule has 0 bridgehead atoms. The second kappa shape index (κ2) is 10.6. The van der Waals surface area contributed by atoms with Crippen LogP contribution in [-0.4, -0.2) is 40.5 Å². The molecule has 168 valence electrons. The fourth-order valence-corrected chi connectivity index (χ4v) is 5.67. The van der Waals surface area contributed by atoms with Gasteiger partial charge in [0.1, 0.15) is 5.82 Å². The van der Waals surface area contributed by atoms with Gasteiger partial charge >= 0.3 is 0 Å². The summed E-state index contributed by atoms with van der Waals surface area (Å²) in [5, 5.41) is 5.51. The van der Waals surface area contributed by atoms with Crippen molar-refractivity contribution in [3.63, 3.8) is 0 Å². The van der Waals surface area contributed by atoms with Gasteiger partial charge in [-0.2, -0.15) is 0 Å². The van der Waals surface area contributed by atoms with Crippen LogP contribution in [-0.2, 0) is 6.42 Å². The van der Waals surface area contributed by atoms with Crippen LogP contribution in [0.4, 0.5) is 5.82 Å². The average Bonchev–Trinajstić information content (AvgIpc) is 2.75. The largest absolute Gasteiger partial charge is 0.366 e. The molecule has 4 rings (SSSR count). The van der Waals surface area contributed by atoms with E-state index in [1.54, 1.807) is 0 Å². The Morgan fingerprint density at radius 1 is 1.12 bits per heavy atom. The van der Waals surface area contributed by atoms with E-state index in [0.29, 0.717) is 11.9 Å². The predicted molar refractivity (Wildman–Crippen MR) is 143 cm³/mol. The van der Waals surface area contributed by atoms with Crippen molar-refractivity contribution in [2.75, 3.05) is 25.0 Å². The predicted octanol–water partition coefficient (Wildman–Crippen LogP) is 7.44. The molecule has 0 amide bonds. The van der Waals surface area contributed by atoms with Gasteiger partial charge in [-0.25, -0.2) is 9.97 Å². The summed E-state index contributed by atoms with van der Waals surface area (Å²) in [5.41, 5.74) is 3.20. The molecule has 0 spiro atoms. The molecule has 7 heteroatoms. The lowest BCUT2D eigenvalue weighted by Gasteiger charge is -2.28. The first kappa shape index (κ1) is 23.7. The van der Waals surface area contributed by atoms with Crippen molar-refractivity contribution in [1.29, 1.82) is 0 Å². The number of hydrogen-bond donors (Lipinski definition) is 1. The van der Waals surface area contributed by atoms with E-state index in [1.165, 1.54) is 5.56 Å². The van der Waals surface area contributed by atoms with Gasteiger partial charge in [0.05, 0.1) is 5.52 Å². The number of rotatable bonds is 8. The van der Waals surface area contributed by atoms with E-state index < -0.39 is 0 Å². The van der Waals surface area contributed by atoms with Gasteiger partial charge in [-0.1, -0.05) is 69.5 Å². The van der Waals surface area contributed by atoms with Gasteiger partial charge in [0.25, 0.3) is 0 Å². The normalized spacial score (nSPS) is 15.6. The first-order valence-electron chi connectivity index (χ1n) is 11.1. The van der Waals surface area contributed by atoms with Gasteiger partial charge in [0.2, 0.25) is 0 Å². The Morgan fingerprint density at radius 2 is 1.94 bits per heavy atom. The molecule has 0 saturated heterocycles. The van der Waals surface area contributed by atoms with E-state index in [4.69, 9.17) is 21.6 Å². The third-order valence-corrected chi connectivity index (χ3v) is 7.36. The Morgan fingerprint density at radius 3 is 2.69 bits per heavy atom. The molecule has 3 aromatic rings. The van der Waals surface area contributed by atoms with E-state index in [0.717, 1.165) is 75.1 Å². The van der Waals surface area contributed by atoms with Crippen molar-refractivity contribution in [2.24, 2.45) is 0 Å². The molecular weight excluding hydrogens is 552 g/mol. The first-order chi connectivity index (χ1) is 15.5. The lowest BCUT2D eigenvalue weighted by molar-refractivity contribution is 0.294. The van der Waals surface area contributed by atoms with Crippen LogP contribution in [0.5, 0.6) is 0 Å². The molecule has 4 nitrogen and oxygen atoms in total. The summed E-state index contributed by atoms with van der Waals surface area (Å²) in [4.78, 5) is 12.1. The highest BCUT2D eigenvalue weighted by atomic mass is 79.9. The maximum atomic E-state index is 6.45. The summed E-state index contributed by atoms with van der Waals surface area (Å²) in [7, 11) is 0. The maximum Gasteiger partial charge on any atom is 0.154 e. The van der Waals surface area contributed by atoms with Gasteiger partial charge in [0.15, 0.2) is 5.82 Å². The Hall–Kier alpha value is -1.47. The number of hydrogen-bond acceptors (Lipinski definition) is 4. The molecule has 0 saturated carbocycles.